The topological polar surface area (TPSA) is 36.9 Å². The first-order chi connectivity index (χ1) is 11.1. The molecule has 0 aromatic carbocycles. The highest BCUT2D eigenvalue weighted by Crippen LogP contribution is 2.21. The molecule has 0 N–H and O–H groups in total. The number of unbranched alkanes of at least 4 members (excludes halogenated alkanes) is 8. The lowest BCUT2D eigenvalue weighted by Crippen LogP contribution is -2.35. The Morgan fingerprint density at radius 2 is 1.22 bits per heavy atom. The molecule has 4 heteroatoms. The third-order valence-electron chi connectivity index (χ3n) is 4.36. The summed E-state index contributed by atoms with van der Waals surface area (Å²) < 4.78 is 21.2. The second kappa shape index (κ2) is 15.0. The molecule has 0 aromatic heterocycles. The van der Waals surface area contributed by atoms with Crippen molar-refractivity contribution in [1.29, 1.82) is 0 Å². The molecule has 0 aliphatic carbocycles. The van der Waals surface area contributed by atoms with E-state index in [0.717, 1.165) is 19.3 Å². The van der Waals surface area contributed by atoms with E-state index < -0.39 is 5.97 Å². The fraction of sp³-hybridized carbons (Fsp3) is 0.895. The average Bonchev–Trinajstić information content (AvgIpc) is 2.57. The first-order valence-electron chi connectivity index (χ1n) is 9.06. The molecule has 0 amide bonds. The van der Waals surface area contributed by atoms with Crippen molar-refractivity contribution in [3.63, 3.8) is 0 Å². The van der Waals surface area contributed by atoms with E-state index in [9.17, 15) is 0 Å². The standard InChI is InChI=1S/C19H38O4/c1-6-23-18(2)16-14-12-10-8-7-9-11-13-15-17-19(20-3,21-4)22-5/h6,18H,1,7-17H2,2-5H3. The Kier molecular flexibility index (Phi) is 14.6. The maximum Gasteiger partial charge on any atom is 0.282 e. The van der Waals surface area contributed by atoms with Crippen LogP contribution < -0.4 is 0 Å². The Balaban J connectivity index is 3.35. The zero-order valence-electron chi connectivity index (χ0n) is 15.8. The zero-order valence-corrected chi connectivity index (χ0v) is 15.8. The Hall–Kier alpha value is -0.580. The molecule has 0 fully saturated rings. The predicted molar refractivity (Wildman–Crippen MR) is 95.3 cm³/mol. The number of rotatable bonds is 17. The first-order valence-corrected chi connectivity index (χ1v) is 9.06. The van der Waals surface area contributed by atoms with E-state index in [4.69, 9.17) is 18.9 Å². The minimum atomic E-state index is -0.855. The Morgan fingerprint density at radius 1 is 0.783 bits per heavy atom. The zero-order chi connectivity index (χ0) is 17.4. The molecule has 1 unspecified atom stereocenters. The SMILES string of the molecule is C=COC(C)CCCCCCCCCCCC(OC)(OC)OC. The van der Waals surface area contributed by atoms with Gasteiger partial charge in [0.2, 0.25) is 0 Å². The molecule has 1 atom stereocenters. The van der Waals surface area contributed by atoms with Crippen molar-refractivity contribution < 1.29 is 18.9 Å². The lowest BCUT2D eigenvalue weighted by atomic mass is 10.0. The molecule has 0 saturated carbocycles. The van der Waals surface area contributed by atoms with Crippen LogP contribution in [0, 0.1) is 0 Å². The minimum absolute atomic E-state index is 0.311. The maximum atomic E-state index is 5.31. The van der Waals surface area contributed by atoms with Gasteiger partial charge in [-0.1, -0.05) is 51.5 Å². The van der Waals surface area contributed by atoms with Crippen molar-refractivity contribution in [3.05, 3.63) is 12.8 Å². The third kappa shape index (κ3) is 11.6. The van der Waals surface area contributed by atoms with Crippen LogP contribution in [0.15, 0.2) is 12.8 Å². The molecule has 0 aliphatic heterocycles. The summed E-state index contributed by atoms with van der Waals surface area (Å²) >= 11 is 0. The van der Waals surface area contributed by atoms with Crippen molar-refractivity contribution >= 4 is 0 Å². The summed E-state index contributed by atoms with van der Waals surface area (Å²) in [6.07, 6.45) is 15.2. The summed E-state index contributed by atoms with van der Waals surface area (Å²) in [7, 11) is 4.87. The molecule has 0 bridgehead atoms. The smallest absolute Gasteiger partial charge is 0.282 e. The summed E-state index contributed by atoms with van der Waals surface area (Å²) in [6, 6.07) is 0. The molecule has 138 valence electrons. The molecular weight excluding hydrogens is 292 g/mol. The largest absolute Gasteiger partial charge is 0.499 e. The lowest BCUT2D eigenvalue weighted by molar-refractivity contribution is -0.355. The molecule has 0 radical (unpaired) electrons. The Bertz CT molecular complexity index is 256. The van der Waals surface area contributed by atoms with Gasteiger partial charge in [0, 0.05) is 27.8 Å². The summed E-state index contributed by atoms with van der Waals surface area (Å²) in [6.45, 7) is 5.69. The molecule has 23 heavy (non-hydrogen) atoms. The van der Waals surface area contributed by atoms with Crippen LogP contribution in [0.3, 0.4) is 0 Å². The lowest BCUT2D eigenvalue weighted by Gasteiger charge is -2.28. The monoisotopic (exact) mass is 330 g/mol. The molecule has 4 nitrogen and oxygen atoms in total. The van der Waals surface area contributed by atoms with E-state index in [1.54, 1.807) is 27.6 Å². The molecular formula is C19H38O4. The molecule has 0 heterocycles. The maximum absolute atomic E-state index is 5.31. The minimum Gasteiger partial charge on any atom is -0.499 e. The van der Waals surface area contributed by atoms with Gasteiger partial charge in [0.05, 0.1) is 12.4 Å². The van der Waals surface area contributed by atoms with Gasteiger partial charge in [-0.3, -0.25) is 0 Å². The van der Waals surface area contributed by atoms with E-state index >= 15 is 0 Å². The fourth-order valence-electron chi connectivity index (χ4n) is 2.80. The second-order valence-electron chi connectivity index (χ2n) is 6.13. The number of hydrogen-bond acceptors (Lipinski definition) is 4. The van der Waals surface area contributed by atoms with Crippen molar-refractivity contribution in [2.24, 2.45) is 0 Å². The Labute approximate surface area is 143 Å². The molecule has 0 aromatic rings. The van der Waals surface area contributed by atoms with Crippen LogP contribution >= 0.6 is 0 Å². The van der Waals surface area contributed by atoms with Gasteiger partial charge in [0.15, 0.2) is 0 Å². The summed E-state index contributed by atoms with van der Waals surface area (Å²) in [5.41, 5.74) is 0. The van der Waals surface area contributed by atoms with Gasteiger partial charge in [0.25, 0.3) is 5.97 Å². The van der Waals surface area contributed by atoms with Crippen LogP contribution in [0.1, 0.15) is 77.6 Å². The summed E-state index contributed by atoms with van der Waals surface area (Å²) in [5, 5.41) is 0. The van der Waals surface area contributed by atoms with Gasteiger partial charge in [-0.15, -0.1) is 0 Å². The van der Waals surface area contributed by atoms with Gasteiger partial charge >= 0.3 is 0 Å². The van der Waals surface area contributed by atoms with Crippen LogP contribution in [0.2, 0.25) is 0 Å². The normalized spacial score (nSPS) is 13.0. The first kappa shape index (κ1) is 22.4. The second-order valence-corrected chi connectivity index (χ2v) is 6.13. The third-order valence-corrected chi connectivity index (χ3v) is 4.36. The number of ether oxygens (including phenoxy) is 4. The highest BCUT2D eigenvalue weighted by molar-refractivity contribution is 4.58. The van der Waals surface area contributed by atoms with Gasteiger partial charge in [0.1, 0.15) is 0 Å². The van der Waals surface area contributed by atoms with Crippen molar-refractivity contribution in [2.45, 2.75) is 89.6 Å². The van der Waals surface area contributed by atoms with Crippen LogP contribution in [-0.4, -0.2) is 33.4 Å². The highest BCUT2D eigenvalue weighted by atomic mass is 16.9. The van der Waals surface area contributed by atoms with Gasteiger partial charge in [-0.25, -0.2) is 0 Å². The van der Waals surface area contributed by atoms with Gasteiger partial charge in [-0.2, -0.15) is 0 Å². The van der Waals surface area contributed by atoms with Gasteiger partial charge in [-0.05, 0) is 26.2 Å². The van der Waals surface area contributed by atoms with Crippen LogP contribution in [0.4, 0.5) is 0 Å². The van der Waals surface area contributed by atoms with Crippen molar-refractivity contribution in [2.75, 3.05) is 21.3 Å². The van der Waals surface area contributed by atoms with E-state index in [-0.39, 0.29) is 0 Å². The van der Waals surface area contributed by atoms with Crippen LogP contribution in [0.5, 0.6) is 0 Å². The molecule has 0 spiro atoms. The summed E-state index contributed by atoms with van der Waals surface area (Å²) in [5.74, 6) is -0.855. The molecule has 0 aliphatic rings. The van der Waals surface area contributed by atoms with Gasteiger partial charge < -0.3 is 18.9 Å². The van der Waals surface area contributed by atoms with Crippen LogP contribution in [0.25, 0.3) is 0 Å². The van der Waals surface area contributed by atoms with Crippen LogP contribution in [-0.2, 0) is 18.9 Å². The predicted octanol–water partition coefficient (Wildman–Crippen LogP) is 5.42. The highest BCUT2D eigenvalue weighted by Gasteiger charge is 2.28. The molecule has 0 rings (SSSR count). The van der Waals surface area contributed by atoms with E-state index in [1.165, 1.54) is 51.4 Å². The average molecular weight is 331 g/mol. The molecule has 0 saturated heterocycles. The number of hydrogen-bond donors (Lipinski definition) is 0. The quantitative estimate of drug-likeness (QED) is 0.203. The van der Waals surface area contributed by atoms with E-state index in [1.807, 2.05) is 0 Å². The summed E-state index contributed by atoms with van der Waals surface area (Å²) in [4.78, 5) is 0. The number of methoxy groups -OCH3 is 3. The van der Waals surface area contributed by atoms with E-state index in [0.29, 0.717) is 6.10 Å². The van der Waals surface area contributed by atoms with Crippen molar-refractivity contribution in [1.82, 2.24) is 0 Å². The fourth-order valence-corrected chi connectivity index (χ4v) is 2.80. The Morgan fingerprint density at radius 3 is 1.65 bits per heavy atom. The van der Waals surface area contributed by atoms with E-state index in [2.05, 4.69) is 13.5 Å². The van der Waals surface area contributed by atoms with Crippen molar-refractivity contribution in [3.8, 4) is 0 Å².